The van der Waals surface area contributed by atoms with Crippen LogP contribution in [0.5, 0.6) is 5.75 Å². The number of rotatable bonds is 0. The summed E-state index contributed by atoms with van der Waals surface area (Å²) in [4.78, 5) is 0. The molecule has 1 aromatic carbocycles. The van der Waals surface area contributed by atoms with Crippen LogP contribution in [0.1, 0.15) is 0 Å². The molecule has 1 aromatic rings. The molecule has 0 unspecified atom stereocenters. The molecule has 0 fully saturated rings. The standard InChI is InChI=1S/C6H2Br2Cl2O/c7-2-1-3(11)4(8)6(10)5(2)9/h1,11H. The van der Waals surface area contributed by atoms with Gasteiger partial charge in [0.05, 0.1) is 14.5 Å². The molecule has 0 aliphatic carbocycles. The smallest absolute Gasteiger partial charge is 0.132 e. The van der Waals surface area contributed by atoms with Crippen molar-refractivity contribution in [2.24, 2.45) is 0 Å². The molecule has 1 rings (SSSR count). The molecule has 0 spiro atoms. The second-order valence-corrected chi connectivity index (χ2v) is 4.22. The maximum absolute atomic E-state index is 9.19. The minimum atomic E-state index is 0.0614. The van der Waals surface area contributed by atoms with E-state index < -0.39 is 0 Å². The molecule has 11 heavy (non-hydrogen) atoms. The zero-order valence-corrected chi connectivity index (χ0v) is 9.72. The fourth-order valence-electron chi connectivity index (χ4n) is 0.560. The van der Waals surface area contributed by atoms with Crippen LogP contribution in [0, 0.1) is 0 Å². The number of aromatic hydroxyl groups is 1. The van der Waals surface area contributed by atoms with Gasteiger partial charge in [-0.3, -0.25) is 0 Å². The molecule has 1 nitrogen and oxygen atoms in total. The maximum Gasteiger partial charge on any atom is 0.132 e. The van der Waals surface area contributed by atoms with E-state index in [-0.39, 0.29) is 5.75 Å². The van der Waals surface area contributed by atoms with Crippen molar-refractivity contribution in [3.05, 3.63) is 25.1 Å². The second-order valence-electron chi connectivity index (χ2n) is 1.82. The van der Waals surface area contributed by atoms with E-state index in [1.165, 1.54) is 6.07 Å². The van der Waals surface area contributed by atoms with E-state index in [2.05, 4.69) is 31.9 Å². The van der Waals surface area contributed by atoms with E-state index in [1.807, 2.05) is 0 Å². The number of phenols is 1. The quantitative estimate of drug-likeness (QED) is 0.560. The number of phenolic OH excluding ortho intramolecular Hbond substituents is 1. The van der Waals surface area contributed by atoms with Gasteiger partial charge in [-0.25, -0.2) is 0 Å². The van der Waals surface area contributed by atoms with Gasteiger partial charge in [-0.1, -0.05) is 23.2 Å². The van der Waals surface area contributed by atoms with Crippen molar-refractivity contribution in [1.82, 2.24) is 0 Å². The third-order valence-electron chi connectivity index (χ3n) is 1.08. The molecule has 0 atom stereocenters. The van der Waals surface area contributed by atoms with Crippen LogP contribution in [0.25, 0.3) is 0 Å². The number of halogens is 4. The summed E-state index contributed by atoms with van der Waals surface area (Å²) in [6.07, 6.45) is 0. The van der Waals surface area contributed by atoms with Gasteiger partial charge in [-0.05, 0) is 37.9 Å². The monoisotopic (exact) mass is 318 g/mol. The fraction of sp³-hybridized carbons (Fsp3) is 0. The third kappa shape index (κ3) is 1.83. The molecule has 0 radical (unpaired) electrons. The molecular weight excluding hydrogens is 319 g/mol. The minimum Gasteiger partial charge on any atom is -0.507 e. The van der Waals surface area contributed by atoms with Crippen molar-refractivity contribution in [2.45, 2.75) is 0 Å². The summed E-state index contributed by atoms with van der Waals surface area (Å²) in [6, 6.07) is 1.47. The van der Waals surface area contributed by atoms with E-state index in [4.69, 9.17) is 23.2 Å². The highest BCUT2D eigenvalue weighted by Crippen LogP contribution is 2.41. The summed E-state index contributed by atoms with van der Waals surface area (Å²) in [5.74, 6) is 0.0614. The Morgan fingerprint density at radius 1 is 1.18 bits per heavy atom. The Morgan fingerprint density at radius 3 is 2.27 bits per heavy atom. The average molecular weight is 321 g/mol. The number of hydrogen-bond acceptors (Lipinski definition) is 1. The molecule has 0 bridgehead atoms. The zero-order valence-electron chi connectivity index (χ0n) is 5.04. The lowest BCUT2D eigenvalue weighted by Crippen LogP contribution is -1.75. The molecule has 60 valence electrons. The fourth-order valence-corrected chi connectivity index (χ4v) is 1.86. The summed E-state index contributed by atoms with van der Waals surface area (Å²) in [5, 5.41) is 9.88. The highest BCUT2D eigenvalue weighted by Gasteiger charge is 2.10. The van der Waals surface area contributed by atoms with Crippen molar-refractivity contribution < 1.29 is 5.11 Å². The van der Waals surface area contributed by atoms with Crippen molar-refractivity contribution in [3.8, 4) is 5.75 Å². The molecule has 5 heteroatoms. The normalized spacial score (nSPS) is 10.2. The van der Waals surface area contributed by atoms with E-state index in [0.717, 1.165) is 0 Å². The van der Waals surface area contributed by atoms with Crippen LogP contribution in [0.4, 0.5) is 0 Å². The van der Waals surface area contributed by atoms with Crippen LogP contribution < -0.4 is 0 Å². The van der Waals surface area contributed by atoms with Gasteiger partial charge in [0.15, 0.2) is 0 Å². The second kappa shape index (κ2) is 3.52. The highest BCUT2D eigenvalue weighted by atomic mass is 79.9. The Morgan fingerprint density at radius 2 is 1.73 bits per heavy atom. The summed E-state index contributed by atoms with van der Waals surface area (Å²) < 4.78 is 0.984. The first kappa shape index (κ1) is 9.65. The van der Waals surface area contributed by atoms with Crippen LogP contribution in [0.2, 0.25) is 10.0 Å². The predicted molar refractivity (Wildman–Crippen MR) is 53.5 cm³/mol. The van der Waals surface area contributed by atoms with Crippen molar-refractivity contribution in [3.63, 3.8) is 0 Å². The van der Waals surface area contributed by atoms with E-state index >= 15 is 0 Å². The lowest BCUT2D eigenvalue weighted by molar-refractivity contribution is 0.471. The first-order valence-electron chi connectivity index (χ1n) is 2.56. The van der Waals surface area contributed by atoms with E-state index in [9.17, 15) is 5.11 Å². The number of hydrogen-bond donors (Lipinski definition) is 1. The van der Waals surface area contributed by atoms with Gasteiger partial charge in [-0.15, -0.1) is 0 Å². The minimum absolute atomic E-state index is 0.0614. The van der Waals surface area contributed by atoms with Gasteiger partial charge in [0, 0.05) is 4.47 Å². The van der Waals surface area contributed by atoms with Crippen LogP contribution in [-0.2, 0) is 0 Å². The van der Waals surface area contributed by atoms with Crippen LogP contribution in [-0.4, -0.2) is 5.11 Å². The maximum atomic E-state index is 9.19. The lowest BCUT2D eigenvalue weighted by Gasteiger charge is -2.03. The van der Waals surface area contributed by atoms with Crippen LogP contribution >= 0.6 is 55.1 Å². The van der Waals surface area contributed by atoms with Gasteiger partial charge in [0.25, 0.3) is 0 Å². The van der Waals surface area contributed by atoms with Crippen molar-refractivity contribution in [1.29, 1.82) is 0 Å². The third-order valence-corrected chi connectivity index (χ3v) is 3.84. The molecule has 0 heterocycles. The molecular formula is C6H2Br2Cl2O. The first-order chi connectivity index (χ1) is 5.04. The molecule has 0 aromatic heterocycles. The molecule has 0 saturated carbocycles. The number of benzene rings is 1. The molecule has 0 saturated heterocycles. The summed E-state index contributed by atoms with van der Waals surface area (Å²) >= 11 is 17.7. The largest absolute Gasteiger partial charge is 0.507 e. The molecule has 1 N–H and O–H groups in total. The molecule has 0 aliphatic rings. The Kier molecular flexibility index (Phi) is 3.09. The highest BCUT2D eigenvalue weighted by molar-refractivity contribution is 9.11. The Balaban J connectivity index is 3.46. The lowest BCUT2D eigenvalue weighted by atomic mass is 10.3. The topological polar surface area (TPSA) is 20.2 Å². The van der Waals surface area contributed by atoms with E-state index in [0.29, 0.717) is 19.0 Å². The molecule has 0 amide bonds. The Hall–Kier alpha value is 0.560. The Labute approximate surface area is 90.6 Å². The van der Waals surface area contributed by atoms with Gasteiger partial charge in [0.2, 0.25) is 0 Å². The van der Waals surface area contributed by atoms with Crippen molar-refractivity contribution in [2.75, 3.05) is 0 Å². The first-order valence-corrected chi connectivity index (χ1v) is 4.90. The van der Waals surface area contributed by atoms with E-state index in [1.54, 1.807) is 0 Å². The van der Waals surface area contributed by atoms with Gasteiger partial charge in [0.1, 0.15) is 5.75 Å². The van der Waals surface area contributed by atoms with Gasteiger partial charge < -0.3 is 5.11 Å². The Bertz CT molecular complexity index is 275. The van der Waals surface area contributed by atoms with Crippen molar-refractivity contribution >= 4 is 55.1 Å². The predicted octanol–water partition coefficient (Wildman–Crippen LogP) is 4.22. The SMILES string of the molecule is Oc1cc(Br)c(Cl)c(Cl)c1Br. The molecule has 0 aliphatic heterocycles. The van der Waals surface area contributed by atoms with Gasteiger partial charge >= 0.3 is 0 Å². The average Bonchev–Trinajstić information content (AvgIpc) is 1.97. The summed E-state index contributed by atoms with van der Waals surface area (Å²) in [6.45, 7) is 0. The zero-order chi connectivity index (χ0) is 8.59. The van der Waals surface area contributed by atoms with Crippen LogP contribution in [0.3, 0.4) is 0 Å². The van der Waals surface area contributed by atoms with Gasteiger partial charge in [-0.2, -0.15) is 0 Å². The summed E-state index contributed by atoms with van der Waals surface area (Å²) in [5.41, 5.74) is 0. The van der Waals surface area contributed by atoms with Crippen LogP contribution in [0.15, 0.2) is 15.0 Å². The summed E-state index contributed by atoms with van der Waals surface area (Å²) in [7, 11) is 0.